The molecule has 4 rings (SSSR count). The van der Waals surface area contributed by atoms with Crippen LogP contribution in [-0.2, 0) is 10.0 Å². The smallest absolute Gasteiger partial charge is 0.243 e. The number of hydrogen-bond acceptors (Lipinski definition) is 6. The molecule has 1 atom stereocenters. The van der Waals surface area contributed by atoms with Crippen LogP contribution in [-0.4, -0.2) is 42.6 Å². The highest BCUT2D eigenvalue weighted by molar-refractivity contribution is 9.10. The fraction of sp³-hybridized carbons (Fsp3) is 0.333. The molecule has 0 N–H and O–H groups in total. The van der Waals surface area contributed by atoms with E-state index >= 15 is 0 Å². The van der Waals surface area contributed by atoms with Crippen LogP contribution in [0, 0.1) is 0 Å². The Balaban J connectivity index is 1.50. The van der Waals surface area contributed by atoms with Crippen LogP contribution in [0.4, 0.5) is 0 Å². The van der Waals surface area contributed by atoms with E-state index in [-0.39, 0.29) is 10.8 Å². The highest BCUT2D eigenvalue weighted by Gasteiger charge is 2.33. The quantitative estimate of drug-likeness (QED) is 0.505. The van der Waals surface area contributed by atoms with Crippen molar-refractivity contribution >= 4 is 26.0 Å². The predicted octanol–water partition coefficient (Wildman–Crippen LogP) is 4.47. The zero-order chi connectivity index (χ0) is 21.1. The zero-order valence-corrected chi connectivity index (χ0v) is 18.9. The van der Waals surface area contributed by atoms with Gasteiger partial charge in [-0.3, -0.25) is 0 Å². The normalized spacial score (nSPS) is 17.7. The molecule has 0 amide bonds. The maximum Gasteiger partial charge on any atom is 0.243 e. The average Bonchev–Trinajstić information content (AvgIpc) is 3.25. The fourth-order valence-corrected chi connectivity index (χ4v) is 5.29. The summed E-state index contributed by atoms with van der Waals surface area (Å²) in [6.07, 6.45) is 1.54. The Kier molecular flexibility index (Phi) is 6.21. The maximum atomic E-state index is 13.0. The largest absolute Gasteiger partial charge is 0.494 e. The third-order valence-electron chi connectivity index (χ3n) is 5.05. The highest BCUT2D eigenvalue weighted by atomic mass is 79.9. The molecule has 0 bridgehead atoms. The molecule has 9 heteroatoms. The first-order chi connectivity index (χ1) is 14.5. The molecule has 1 aromatic heterocycles. The lowest BCUT2D eigenvalue weighted by Gasteiger charge is -2.30. The van der Waals surface area contributed by atoms with Crippen molar-refractivity contribution in [2.45, 2.75) is 30.6 Å². The third kappa shape index (κ3) is 4.43. The molecule has 0 aliphatic carbocycles. The molecule has 1 aliphatic rings. The number of sulfonamides is 1. The minimum Gasteiger partial charge on any atom is -0.494 e. The highest BCUT2D eigenvalue weighted by Crippen LogP contribution is 2.31. The Morgan fingerprint density at radius 1 is 1.17 bits per heavy atom. The van der Waals surface area contributed by atoms with Crippen LogP contribution in [0.15, 0.2) is 62.4 Å². The van der Waals surface area contributed by atoms with E-state index < -0.39 is 10.0 Å². The molecule has 30 heavy (non-hydrogen) atoms. The number of aromatic nitrogens is 2. The SMILES string of the molecule is CCOc1ccc(-c2noc(C3CCCN(S(=O)(=O)c4ccc(Br)cc4)C3)n2)cc1. The van der Waals surface area contributed by atoms with E-state index in [0.717, 1.165) is 28.6 Å². The van der Waals surface area contributed by atoms with Crippen LogP contribution in [0.25, 0.3) is 11.4 Å². The molecule has 2 heterocycles. The van der Waals surface area contributed by atoms with Gasteiger partial charge in [-0.25, -0.2) is 8.42 Å². The van der Waals surface area contributed by atoms with Crippen LogP contribution in [0.1, 0.15) is 31.6 Å². The number of piperidine rings is 1. The van der Waals surface area contributed by atoms with Crippen LogP contribution in [0.3, 0.4) is 0 Å². The predicted molar refractivity (Wildman–Crippen MR) is 116 cm³/mol. The Labute approximate surface area is 184 Å². The van der Waals surface area contributed by atoms with Crippen molar-refractivity contribution in [1.29, 1.82) is 0 Å². The van der Waals surface area contributed by atoms with E-state index in [1.165, 1.54) is 4.31 Å². The summed E-state index contributed by atoms with van der Waals surface area (Å²) in [6, 6.07) is 14.2. The van der Waals surface area contributed by atoms with E-state index in [4.69, 9.17) is 9.26 Å². The molecule has 1 fully saturated rings. The Bertz CT molecular complexity index is 1100. The lowest BCUT2D eigenvalue weighted by atomic mass is 10.00. The molecule has 2 aromatic carbocycles. The second-order valence-electron chi connectivity index (χ2n) is 7.07. The maximum absolute atomic E-state index is 13.0. The van der Waals surface area contributed by atoms with E-state index in [9.17, 15) is 8.42 Å². The summed E-state index contributed by atoms with van der Waals surface area (Å²) in [7, 11) is -3.57. The number of benzene rings is 2. The Hall–Kier alpha value is -2.23. The van der Waals surface area contributed by atoms with Crippen molar-refractivity contribution in [3.63, 3.8) is 0 Å². The first-order valence-electron chi connectivity index (χ1n) is 9.80. The third-order valence-corrected chi connectivity index (χ3v) is 7.46. The first kappa shape index (κ1) is 21.0. The Morgan fingerprint density at radius 3 is 2.60 bits per heavy atom. The number of halogens is 1. The van der Waals surface area contributed by atoms with Gasteiger partial charge < -0.3 is 9.26 Å². The van der Waals surface area contributed by atoms with Crippen molar-refractivity contribution in [2.24, 2.45) is 0 Å². The van der Waals surface area contributed by atoms with E-state index in [2.05, 4.69) is 26.1 Å². The van der Waals surface area contributed by atoms with E-state index in [1.807, 2.05) is 31.2 Å². The summed E-state index contributed by atoms with van der Waals surface area (Å²) in [5.41, 5.74) is 0.823. The van der Waals surface area contributed by atoms with Gasteiger partial charge in [0.05, 0.1) is 17.4 Å². The van der Waals surface area contributed by atoms with Gasteiger partial charge in [-0.1, -0.05) is 21.1 Å². The van der Waals surface area contributed by atoms with Gasteiger partial charge in [0, 0.05) is 23.1 Å². The van der Waals surface area contributed by atoms with Crippen LogP contribution in [0.5, 0.6) is 5.75 Å². The molecule has 158 valence electrons. The van der Waals surface area contributed by atoms with Crippen molar-refractivity contribution < 1.29 is 17.7 Å². The second-order valence-corrected chi connectivity index (χ2v) is 9.92. The number of hydrogen-bond donors (Lipinski definition) is 0. The number of nitrogens with zero attached hydrogens (tertiary/aromatic N) is 3. The van der Waals surface area contributed by atoms with E-state index in [1.54, 1.807) is 24.3 Å². The number of ether oxygens (including phenoxy) is 1. The molecule has 1 saturated heterocycles. The van der Waals surface area contributed by atoms with Crippen molar-refractivity contribution in [3.8, 4) is 17.1 Å². The fourth-order valence-electron chi connectivity index (χ4n) is 3.50. The summed E-state index contributed by atoms with van der Waals surface area (Å²) in [5.74, 6) is 1.61. The van der Waals surface area contributed by atoms with Gasteiger partial charge in [-0.05, 0) is 68.3 Å². The first-order valence-corrected chi connectivity index (χ1v) is 12.0. The molecule has 0 spiro atoms. The van der Waals surface area contributed by atoms with Crippen molar-refractivity contribution in [1.82, 2.24) is 14.4 Å². The summed E-state index contributed by atoms with van der Waals surface area (Å²) >= 11 is 3.34. The molecule has 7 nitrogen and oxygen atoms in total. The van der Waals surface area contributed by atoms with Gasteiger partial charge >= 0.3 is 0 Å². The van der Waals surface area contributed by atoms with Crippen molar-refractivity contribution in [3.05, 3.63) is 58.9 Å². The second kappa shape index (κ2) is 8.87. The molecular formula is C21H22BrN3O4S. The lowest BCUT2D eigenvalue weighted by molar-refractivity contribution is 0.265. The monoisotopic (exact) mass is 491 g/mol. The standard InChI is InChI=1S/C21H22BrN3O4S/c1-2-28-18-9-5-15(6-10-18)20-23-21(29-24-20)16-4-3-13-25(14-16)30(26,27)19-11-7-17(22)8-12-19/h5-12,16H,2-4,13-14H2,1H3. The van der Waals surface area contributed by atoms with E-state index in [0.29, 0.717) is 31.4 Å². The summed E-state index contributed by atoms with van der Waals surface area (Å²) in [4.78, 5) is 4.82. The molecule has 0 saturated carbocycles. The minimum absolute atomic E-state index is 0.132. The summed E-state index contributed by atoms with van der Waals surface area (Å²) in [6.45, 7) is 3.34. The van der Waals surface area contributed by atoms with Crippen LogP contribution < -0.4 is 4.74 Å². The lowest BCUT2D eigenvalue weighted by Crippen LogP contribution is -2.39. The zero-order valence-electron chi connectivity index (χ0n) is 16.5. The van der Waals surface area contributed by atoms with Gasteiger partial charge in [0.25, 0.3) is 0 Å². The average molecular weight is 492 g/mol. The van der Waals surface area contributed by atoms with Crippen LogP contribution >= 0.6 is 15.9 Å². The van der Waals surface area contributed by atoms with Crippen molar-refractivity contribution in [2.75, 3.05) is 19.7 Å². The number of rotatable bonds is 6. The van der Waals surface area contributed by atoms with Gasteiger partial charge in [0.1, 0.15) is 5.75 Å². The molecular weight excluding hydrogens is 470 g/mol. The van der Waals surface area contributed by atoms with Gasteiger partial charge in [-0.2, -0.15) is 9.29 Å². The van der Waals surface area contributed by atoms with Gasteiger partial charge in [0.15, 0.2) is 0 Å². The Morgan fingerprint density at radius 2 is 1.90 bits per heavy atom. The molecule has 3 aromatic rings. The van der Waals surface area contributed by atoms with Gasteiger partial charge in [-0.15, -0.1) is 0 Å². The van der Waals surface area contributed by atoms with Gasteiger partial charge in [0.2, 0.25) is 21.7 Å². The van der Waals surface area contributed by atoms with Crippen LogP contribution in [0.2, 0.25) is 0 Å². The molecule has 0 radical (unpaired) electrons. The minimum atomic E-state index is -3.57. The molecule has 1 aliphatic heterocycles. The molecule has 1 unspecified atom stereocenters. The topological polar surface area (TPSA) is 85.5 Å². The summed E-state index contributed by atoms with van der Waals surface area (Å²) < 4.78 is 39.3. The summed E-state index contributed by atoms with van der Waals surface area (Å²) in [5, 5.41) is 4.09.